The number of hydrogen-bond donors (Lipinski definition) is 2. The second-order valence-electron chi connectivity index (χ2n) is 10.6. The molecule has 37 heavy (non-hydrogen) atoms. The Hall–Kier alpha value is -3.13. The minimum absolute atomic E-state index is 0.0852. The fraction of sp³-hybridized carbons (Fsp3) is 0.448. The highest BCUT2D eigenvalue weighted by atomic mass is 19.4. The Morgan fingerprint density at radius 1 is 1.00 bits per heavy atom. The zero-order valence-corrected chi connectivity index (χ0v) is 21.8. The number of fused-ring (bicyclic) bond motifs is 3. The average molecular weight is 510 g/mol. The van der Waals surface area contributed by atoms with Crippen molar-refractivity contribution in [1.29, 1.82) is 0 Å². The lowest BCUT2D eigenvalue weighted by molar-refractivity contribution is -0.137. The zero-order valence-electron chi connectivity index (χ0n) is 21.8. The van der Waals surface area contributed by atoms with Gasteiger partial charge in [-0.15, -0.1) is 0 Å². The van der Waals surface area contributed by atoms with Crippen LogP contribution < -0.4 is 11.1 Å². The Labute approximate surface area is 216 Å². The molecule has 1 aliphatic heterocycles. The number of hydrogen-bond acceptors (Lipinski definition) is 5. The number of nitrogen functional groups attached to an aromatic ring is 1. The second-order valence-corrected chi connectivity index (χ2v) is 10.6. The molecular weight excluding hydrogens is 475 g/mol. The van der Waals surface area contributed by atoms with Gasteiger partial charge in [0.25, 0.3) is 0 Å². The topological polar surface area (TPSA) is 67.1 Å². The molecule has 2 aliphatic rings. The van der Waals surface area contributed by atoms with E-state index in [1.54, 1.807) is 6.07 Å². The molecule has 5 nitrogen and oxygen atoms in total. The Balaban J connectivity index is 1.57. The van der Waals surface area contributed by atoms with E-state index >= 15 is 0 Å². The number of nitrogens with zero attached hydrogens (tertiary/aromatic N) is 3. The molecule has 0 bridgehead atoms. The molecule has 0 radical (unpaired) electrons. The first-order chi connectivity index (χ1) is 17.5. The van der Waals surface area contributed by atoms with Crippen LogP contribution in [0.4, 0.5) is 24.7 Å². The van der Waals surface area contributed by atoms with E-state index in [0.717, 1.165) is 61.8 Å². The molecule has 0 fully saturated rings. The van der Waals surface area contributed by atoms with Crippen molar-refractivity contribution in [2.75, 3.05) is 24.1 Å². The SMILES string of the molecule is Cc1nc(NC(C)c2cc(N)cc(C(F)(F)F)c2)c2cc(C3=CCN(C(C)C)CC3)c3c(c2n1)CCC3. The van der Waals surface area contributed by atoms with Crippen LogP contribution in [0.2, 0.25) is 0 Å². The molecule has 5 rings (SSSR count). The van der Waals surface area contributed by atoms with Crippen molar-refractivity contribution >= 4 is 28.0 Å². The predicted octanol–water partition coefficient (Wildman–Crippen LogP) is 6.70. The van der Waals surface area contributed by atoms with Crippen LogP contribution in [0, 0.1) is 6.92 Å². The van der Waals surface area contributed by atoms with Crippen LogP contribution in [0.5, 0.6) is 0 Å². The molecule has 0 spiro atoms. The number of rotatable bonds is 5. The van der Waals surface area contributed by atoms with Crippen LogP contribution in [0.25, 0.3) is 16.5 Å². The monoisotopic (exact) mass is 509 g/mol. The molecule has 3 aromatic rings. The minimum atomic E-state index is -4.46. The van der Waals surface area contributed by atoms with Crippen LogP contribution in [-0.2, 0) is 19.0 Å². The average Bonchev–Trinajstić information content (AvgIpc) is 3.33. The van der Waals surface area contributed by atoms with Crippen molar-refractivity contribution in [2.24, 2.45) is 0 Å². The third kappa shape index (κ3) is 5.04. The van der Waals surface area contributed by atoms with Crippen LogP contribution in [0.15, 0.2) is 30.3 Å². The molecular formula is C29H34F3N5. The number of aryl methyl sites for hydroxylation is 2. The van der Waals surface area contributed by atoms with E-state index in [1.165, 1.54) is 22.3 Å². The number of nitrogens with two attached hydrogens (primary N) is 1. The smallest absolute Gasteiger partial charge is 0.399 e. The van der Waals surface area contributed by atoms with Gasteiger partial charge in [-0.2, -0.15) is 13.2 Å². The highest BCUT2D eigenvalue weighted by Crippen LogP contribution is 2.40. The van der Waals surface area contributed by atoms with Gasteiger partial charge in [0, 0.05) is 30.2 Å². The predicted molar refractivity (Wildman–Crippen MR) is 143 cm³/mol. The van der Waals surface area contributed by atoms with Gasteiger partial charge in [-0.05, 0) is 105 Å². The minimum Gasteiger partial charge on any atom is -0.399 e. The lowest BCUT2D eigenvalue weighted by Gasteiger charge is -2.30. The summed E-state index contributed by atoms with van der Waals surface area (Å²) >= 11 is 0. The van der Waals surface area contributed by atoms with Gasteiger partial charge >= 0.3 is 6.18 Å². The third-order valence-corrected chi connectivity index (χ3v) is 7.65. The van der Waals surface area contributed by atoms with Gasteiger partial charge in [0.05, 0.1) is 17.1 Å². The lowest BCUT2D eigenvalue weighted by Crippen LogP contribution is -2.34. The van der Waals surface area contributed by atoms with Gasteiger partial charge in [-0.25, -0.2) is 9.97 Å². The molecule has 2 heterocycles. The quantitative estimate of drug-likeness (QED) is 0.375. The van der Waals surface area contributed by atoms with Gasteiger partial charge in [0.15, 0.2) is 0 Å². The van der Waals surface area contributed by atoms with E-state index in [4.69, 9.17) is 15.7 Å². The van der Waals surface area contributed by atoms with Gasteiger partial charge in [0.2, 0.25) is 0 Å². The van der Waals surface area contributed by atoms with Crippen molar-refractivity contribution < 1.29 is 13.2 Å². The maximum Gasteiger partial charge on any atom is 0.416 e. The molecule has 1 aliphatic carbocycles. The number of alkyl halides is 3. The van der Waals surface area contributed by atoms with E-state index in [9.17, 15) is 13.2 Å². The Kier molecular flexibility index (Phi) is 6.64. The molecule has 196 valence electrons. The van der Waals surface area contributed by atoms with E-state index in [1.807, 2.05) is 13.8 Å². The molecule has 2 aromatic carbocycles. The molecule has 0 saturated carbocycles. The fourth-order valence-electron chi connectivity index (χ4n) is 5.66. The summed E-state index contributed by atoms with van der Waals surface area (Å²) in [5.74, 6) is 1.28. The van der Waals surface area contributed by atoms with E-state index in [0.29, 0.717) is 23.2 Å². The van der Waals surface area contributed by atoms with Crippen molar-refractivity contribution in [1.82, 2.24) is 14.9 Å². The number of aromatic nitrogens is 2. The summed E-state index contributed by atoms with van der Waals surface area (Å²) in [5, 5.41) is 4.31. The zero-order chi connectivity index (χ0) is 26.5. The fourth-order valence-corrected chi connectivity index (χ4v) is 5.66. The van der Waals surface area contributed by atoms with E-state index in [-0.39, 0.29) is 5.69 Å². The van der Waals surface area contributed by atoms with Crippen molar-refractivity contribution in [3.63, 3.8) is 0 Å². The first-order valence-electron chi connectivity index (χ1n) is 13.0. The maximum absolute atomic E-state index is 13.4. The summed E-state index contributed by atoms with van der Waals surface area (Å²) < 4.78 is 40.2. The molecule has 1 atom stereocenters. The highest BCUT2D eigenvalue weighted by molar-refractivity contribution is 5.96. The van der Waals surface area contributed by atoms with Crippen molar-refractivity contribution in [3.8, 4) is 0 Å². The molecule has 8 heteroatoms. The maximum atomic E-state index is 13.4. The Morgan fingerprint density at radius 3 is 2.43 bits per heavy atom. The standard InChI is InChI=1S/C29H34F3N5/c1-16(2)37-10-8-19(9-11-37)25-15-26-27(24-7-5-6-23(24)25)35-18(4)36-28(26)34-17(3)20-12-21(29(30,31)32)14-22(33)13-20/h8,12-17H,5-7,9-11,33H2,1-4H3,(H,34,35,36). The Morgan fingerprint density at radius 2 is 1.76 bits per heavy atom. The van der Waals surface area contributed by atoms with Gasteiger partial charge in [-0.1, -0.05) is 6.08 Å². The summed E-state index contributed by atoms with van der Waals surface area (Å²) in [6.45, 7) is 10.1. The molecule has 1 aromatic heterocycles. The van der Waals surface area contributed by atoms with Crippen LogP contribution >= 0.6 is 0 Å². The van der Waals surface area contributed by atoms with Gasteiger partial charge in [0.1, 0.15) is 11.6 Å². The van der Waals surface area contributed by atoms with Crippen LogP contribution in [-0.4, -0.2) is 34.0 Å². The van der Waals surface area contributed by atoms with Crippen LogP contribution in [0.3, 0.4) is 0 Å². The molecule has 0 saturated heterocycles. The van der Waals surface area contributed by atoms with E-state index < -0.39 is 17.8 Å². The molecule has 0 amide bonds. The lowest BCUT2D eigenvalue weighted by atomic mass is 9.90. The number of anilines is 2. The van der Waals surface area contributed by atoms with Crippen LogP contribution in [0.1, 0.15) is 73.3 Å². The number of nitrogens with one attached hydrogen (secondary N) is 1. The third-order valence-electron chi connectivity index (χ3n) is 7.65. The Bertz CT molecular complexity index is 1380. The van der Waals surface area contributed by atoms with Crippen molar-refractivity contribution in [3.05, 3.63) is 64.0 Å². The first-order valence-corrected chi connectivity index (χ1v) is 13.0. The largest absolute Gasteiger partial charge is 0.416 e. The summed E-state index contributed by atoms with van der Waals surface area (Å²) in [5.41, 5.74) is 11.9. The number of halogens is 3. The summed E-state index contributed by atoms with van der Waals surface area (Å²) in [4.78, 5) is 12.0. The summed E-state index contributed by atoms with van der Waals surface area (Å²) in [6, 6.07) is 5.98. The second kappa shape index (κ2) is 9.63. The van der Waals surface area contributed by atoms with Gasteiger partial charge < -0.3 is 11.1 Å². The first kappa shape index (κ1) is 25.5. The summed E-state index contributed by atoms with van der Waals surface area (Å²) in [6.07, 6.45) is 1.98. The molecule has 3 N–H and O–H groups in total. The van der Waals surface area contributed by atoms with E-state index in [2.05, 4.69) is 36.2 Å². The number of benzene rings is 2. The summed E-state index contributed by atoms with van der Waals surface area (Å²) in [7, 11) is 0. The molecule has 1 unspecified atom stereocenters. The van der Waals surface area contributed by atoms with Gasteiger partial charge in [-0.3, -0.25) is 4.90 Å². The highest BCUT2D eigenvalue weighted by Gasteiger charge is 2.32. The van der Waals surface area contributed by atoms with Crippen molar-refractivity contribution in [2.45, 2.75) is 71.6 Å². The normalized spacial score (nSPS) is 17.2.